The molecule has 0 aliphatic rings. The number of carboxylic acid groups (broad SMARTS) is 1. The van der Waals surface area contributed by atoms with Crippen molar-refractivity contribution in [3.8, 4) is 0 Å². The summed E-state index contributed by atoms with van der Waals surface area (Å²) >= 11 is 0. The van der Waals surface area contributed by atoms with Gasteiger partial charge in [0.25, 0.3) is 0 Å². The molecule has 2 unspecified atom stereocenters. The highest BCUT2D eigenvalue weighted by molar-refractivity contribution is 5.76. The highest BCUT2D eigenvalue weighted by Crippen LogP contribution is 2.14. The molecule has 0 aliphatic heterocycles. The van der Waals surface area contributed by atoms with Crippen molar-refractivity contribution in [1.82, 2.24) is 10.6 Å². The van der Waals surface area contributed by atoms with E-state index in [1.54, 1.807) is 32.9 Å². The Bertz CT molecular complexity index is 523. The van der Waals surface area contributed by atoms with E-state index in [0.717, 1.165) is 5.56 Å². The highest BCUT2D eigenvalue weighted by atomic mass is 19.1. The molecular formula is C15H21FN2O3. The van der Waals surface area contributed by atoms with Crippen molar-refractivity contribution < 1.29 is 19.1 Å². The molecule has 0 aromatic heterocycles. The Labute approximate surface area is 123 Å². The smallest absolute Gasteiger partial charge is 0.315 e. The Hall–Kier alpha value is -2.11. The van der Waals surface area contributed by atoms with E-state index in [0.29, 0.717) is 11.1 Å². The molecule has 2 amide bonds. The molecule has 1 aromatic carbocycles. The van der Waals surface area contributed by atoms with Crippen LogP contribution in [0.4, 0.5) is 9.18 Å². The third-order valence-corrected chi connectivity index (χ3v) is 3.45. The van der Waals surface area contributed by atoms with E-state index >= 15 is 0 Å². The number of amides is 2. The van der Waals surface area contributed by atoms with Crippen molar-refractivity contribution in [2.75, 3.05) is 0 Å². The van der Waals surface area contributed by atoms with Crippen LogP contribution >= 0.6 is 0 Å². The van der Waals surface area contributed by atoms with Crippen LogP contribution in [0.15, 0.2) is 12.1 Å². The van der Waals surface area contributed by atoms with Crippen LogP contribution in [0.1, 0.15) is 30.5 Å². The number of carbonyl (C=O) groups is 2. The normalized spacial score (nSPS) is 13.4. The predicted molar refractivity (Wildman–Crippen MR) is 77.5 cm³/mol. The molecule has 3 N–H and O–H groups in total. The van der Waals surface area contributed by atoms with Gasteiger partial charge in [-0.05, 0) is 44.4 Å². The second-order valence-corrected chi connectivity index (χ2v) is 5.29. The zero-order valence-corrected chi connectivity index (χ0v) is 12.7. The monoisotopic (exact) mass is 296 g/mol. The lowest BCUT2D eigenvalue weighted by atomic mass is 10.0. The topological polar surface area (TPSA) is 78.4 Å². The largest absolute Gasteiger partial charge is 0.481 e. The lowest BCUT2D eigenvalue weighted by Crippen LogP contribution is -2.45. The predicted octanol–water partition coefficient (Wildman–Crippen LogP) is 2.35. The minimum absolute atomic E-state index is 0.243. The van der Waals surface area contributed by atoms with Crippen LogP contribution in [0.5, 0.6) is 0 Å². The Balaban J connectivity index is 2.56. The van der Waals surface area contributed by atoms with Crippen molar-refractivity contribution in [3.05, 3.63) is 34.6 Å². The summed E-state index contributed by atoms with van der Waals surface area (Å²) in [7, 11) is 0. The fourth-order valence-corrected chi connectivity index (χ4v) is 1.92. The first kappa shape index (κ1) is 16.9. The molecule has 1 rings (SSSR count). The number of nitrogens with one attached hydrogen (secondary N) is 2. The molecule has 21 heavy (non-hydrogen) atoms. The van der Waals surface area contributed by atoms with Gasteiger partial charge in [0, 0.05) is 12.6 Å². The number of carbonyl (C=O) groups excluding carboxylic acids is 1. The molecule has 5 nitrogen and oxygen atoms in total. The molecule has 0 bridgehead atoms. The van der Waals surface area contributed by atoms with E-state index in [4.69, 9.17) is 5.11 Å². The first-order chi connectivity index (χ1) is 9.72. The van der Waals surface area contributed by atoms with E-state index in [1.165, 1.54) is 6.92 Å². The van der Waals surface area contributed by atoms with Gasteiger partial charge in [0.1, 0.15) is 5.82 Å². The van der Waals surface area contributed by atoms with Gasteiger partial charge in [-0.2, -0.15) is 0 Å². The summed E-state index contributed by atoms with van der Waals surface area (Å²) in [5.74, 6) is -1.88. The summed E-state index contributed by atoms with van der Waals surface area (Å²) in [6.45, 7) is 6.75. The van der Waals surface area contributed by atoms with Gasteiger partial charge in [0.05, 0.1) is 5.92 Å². The fraction of sp³-hybridized carbons (Fsp3) is 0.467. The molecule has 6 heteroatoms. The van der Waals surface area contributed by atoms with Gasteiger partial charge in [-0.1, -0.05) is 12.1 Å². The van der Waals surface area contributed by atoms with E-state index in [1.807, 2.05) is 0 Å². The molecule has 0 saturated carbocycles. The second kappa shape index (κ2) is 7.06. The maximum Gasteiger partial charge on any atom is 0.315 e. The number of benzene rings is 1. The maximum absolute atomic E-state index is 13.5. The van der Waals surface area contributed by atoms with Gasteiger partial charge >= 0.3 is 12.0 Å². The van der Waals surface area contributed by atoms with Gasteiger partial charge < -0.3 is 15.7 Å². The number of rotatable bonds is 5. The first-order valence-electron chi connectivity index (χ1n) is 6.75. The number of urea groups is 1. The molecule has 0 heterocycles. The van der Waals surface area contributed by atoms with Crippen LogP contribution in [0.3, 0.4) is 0 Å². The first-order valence-corrected chi connectivity index (χ1v) is 6.75. The van der Waals surface area contributed by atoms with E-state index < -0.39 is 24.0 Å². The highest BCUT2D eigenvalue weighted by Gasteiger charge is 2.20. The summed E-state index contributed by atoms with van der Waals surface area (Å²) in [6.07, 6.45) is 0. The van der Waals surface area contributed by atoms with Gasteiger partial charge in [-0.25, -0.2) is 9.18 Å². The Morgan fingerprint density at radius 2 is 1.76 bits per heavy atom. The average Bonchev–Trinajstić information content (AvgIpc) is 2.41. The SMILES string of the molecule is Cc1cc(CNC(=O)NC(C)C(C)C(=O)O)cc(C)c1F. The van der Waals surface area contributed by atoms with Crippen LogP contribution in [-0.2, 0) is 11.3 Å². The van der Waals surface area contributed by atoms with Crippen molar-refractivity contribution in [1.29, 1.82) is 0 Å². The molecule has 116 valence electrons. The molecule has 0 saturated heterocycles. The maximum atomic E-state index is 13.5. The van der Waals surface area contributed by atoms with Crippen molar-refractivity contribution in [2.45, 2.75) is 40.3 Å². The van der Waals surface area contributed by atoms with E-state index in [-0.39, 0.29) is 12.4 Å². The van der Waals surface area contributed by atoms with Crippen LogP contribution in [-0.4, -0.2) is 23.1 Å². The zero-order valence-electron chi connectivity index (χ0n) is 12.7. The quantitative estimate of drug-likeness (QED) is 0.780. The summed E-state index contributed by atoms with van der Waals surface area (Å²) in [5.41, 5.74) is 1.85. The number of halogens is 1. The Kier molecular flexibility index (Phi) is 5.69. The second-order valence-electron chi connectivity index (χ2n) is 5.29. The summed E-state index contributed by atoms with van der Waals surface area (Å²) < 4.78 is 13.5. The standard InChI is InChI=1S/C15H21FN2O3/c1-8-5-12(6-9(2)13(8)16)7-17-15(21)18-11(4)10(3)14(19)20/h5-6,10-11H,7H2,1-4H3,(H,19,20)(H2,17,18,21). The van der Waals surface area contributed by atoms with E-state index in [9.17, 15) is 14.0 Å². The number of carboxylic acids is 1. The lowest BCUT2D eigenvalue weighted by Gasteiger charge is -2.18. The number of hydrogen-bond donors (Lipinski definition) is 3. The third kappa shape index (κ3) is 4.73. The average molecular weight is 296 g/mol. The summed E-state index contributed by atoms with van der Waals surface area (Å²) in [5, 5.41) is 14.1. The number of aliphatic carboxylic acids is 1. The minimum atomic E-state index is -0.965. The van der Waals surface area contributed by atoms with E-state index in [2.05, 4.69) is 10.6 Å². The molecule has 1 aromatic rings. The van der Waals surface area contributed by atoms with Crippen molar-refractivity contribution in [2.24, 2.45) is 5.92 Å². The molecule has 0 spiro atoms. The van der Waals surface area contributed by atoms with Crippen molar-refractivity contribution in [3.63, 3.8) is 0 Å². The Morgan fingerprint density at radius 1 is 1.24 bits per heavy atom. The minimum Gasteiger partial charge on any atom is -0.481 e. The molecule has 2 atom stereocenters. The molecule has 0 fully saturated rings. The van der Waals surface area contributed by atoms with Gasteiger partial charge in [0.15, 0.2) is 0 Å². The summed E-state index contributed by atoms with van der Waals surface area (Å²) in [6, 6.07) is 2.41. The van der Waals surface area contributed by atoms with Crippen LogP contribution in [0.2, 0.25) is 0 Å². The zero-order chi connectivity index (χ0) is 16.2. The fourth-order valence-electron chi connectivity index (χ4n) is 1.92. The number of hydrogen-bond acceptors (Lipinski definition) is 2. The molecule has 0 radical (unpaired) electrons. The van der Waals surface area contributed by atoms with Crippen molar-refractivity contribution >= 4 is 12.0 Å². The third-order valence-electron chi connectivity index (χ3n) is 3.45. The van der Waals surface area contributed by atoms with Crippen LogP contribution in [0, 0.1) is 25.6 Å². The molecular weight excluding hydrogens is 275 g/mol. The van der Waals surface area contributed by atoms with Gasteiger partial charge in [-0.3, -0.25) is 4.79 Å². The lowest BCUT2D eigenvalue weighted by molar-refractivity contribution is -0.141. The van der Waals surface area contributed by atoms with Crippen LogP contribution < -0.4 is 10.6 Å². The van der Waals surface area contributed by atoms with Crippen LogP contribution in [0.25, 0.3) is 0 Å². The van der Waals surface area contributed by atoms with Gasteiger partial charge in [0.2, 0.25) is 0 Å². The Morgan fingerprint density at radius 3 is 2.24 bits per heavy atom. The molecule has 0 aliphatic carbocycles. The summed E-state index contributed by atoms with van der Waals surface area (Å²) in [4.78, 5) is 22.5. The number of aryl methyl sites for hydroxylation is 2. The van der Waals surface area contributed by atoms with Gasteiger partial charge in [-0.15, -0.1) is 0 Å².